The predicted octanol–water partition coefficient (Wildman–Crippen LogP) is 2.92. The molecule has 0 amide bonds. The molecule has 0 aliphatic heterocycles. The fraction of sp³-hybridized carbons (Fsp3) is 0.143. The highest BCUT2D eigenvalue weighted by Gasteiger charge is 2.04. The third-order valence-corrected chi connectivity index (χ3v) is 1.38. The van der Waals surface area contributed by atoms with Crippen LogP contribution in [0.3, 0.4) is 0 Å². The highest BCUT2D eigenvalue weighted by molar-refractivity contribution is 6.30. The van der Waals surface area contributed by atoms with Crippen molar-refractivity contribution in [3.63, 3.8) is 0 Å². The Labute approximate surface area is 58.3 Å². The summed E-state index contributed by atoms with van der Waals surface area (Å²) in [4.78, 5) is 0. The smallest absolute Gasteiger partial charge is 0.126 e. The third kappa shape index (κ3) is 1.42. The number of halogens is 2. The van der Waals surface area contributed by atoms with Crippen LogP contribution < -0.4 is 0 Å². The van der Waals surface area contributed by atoms with Gasteiger partial charge in [-0.1, -0.05) is 18.2 Å². The normalized spacial score (nSPS) is 19.1. The molecule has 0 saturated heterocycles. The van der Waals surface area contributed by atoms with Gasteiger partial charge in [0.1, 0.15) is 5.83 Å². The lowest BCUT2D eigenvalue weighted by Gasteiger charge is -2.03. The maximum atomic E-state index is 12.4. The van der Waals surface area contributed by atoms with E-state index in [9.17, 15) is 4.39 Å². The monoisotopic (exact) mass is 144 g/mol. The van der Waals surface area contributed by atoms with E-state index in [4.69, 9.17) is 11.6 Å². The van der Waals surface area contributed by atoms with E-state index in [-0.39, 0.29) is 5.83 Å². The Morgan fingerprint density at radius 2 is 2.33 bits per heavy atom. The second-order valence-electron chi connectivity index (χ2n) is 1.87. The first kappa shape index (κ1) is 6.56. The predicted molar refractivity (Wildman–Crippen MR) is 36.9 cm³/mol. The summed E-state index contributed by atoms with van der Waals surface area (Å²) in [5, 5.41) is 0.640. The number of hydrogen-bond acceptors (Lipinski definition) is 0. The summed E-state index contributed by atoms with van der Waals surface area (Å²) in [6.07, 6.45) is 3.45. The van der Waals surface area contributed by atoms with Crippen molar-refractivity contribution in [2.45, 2.75) is 6.42 Å². The van der Waals surface area contributed by atoms with Crippen molar-refractivity contribution in [2.24, 2.45) is 0 Å². The Bertz CT molecular complexity index is 201. The quantitative estimate of drug-likeness (QED) is 0.491. The minimum absolute atomic E-state index is 0.264. The lowest BCUT2D eigenvalue weighted by Crippen LogP contribution is -1.85. The SMILES string of the molecule is C=C1C=C(Cl)CC=C1F. The van der Waals surface area contributed by atoms with Crippen LogP contribution in [0.15, 0.2) is 35.2 Å². The standard InChI is InChI=1S/C7H6ClF/c1-5-4-6(8)2-3-7(5)9/h3-4H,1-2H2. The van der Waals surface area contributed by atoms with Crippen molar-refractivity contribution in [2.75, 3.05) is 0 Å². The molecule has 0 N–H and O–H groups in total. The third-order valence-electron chi connectivity index (χ3n) is 1.11. The van der Waals surface area contributed by atoms with Crippen molar-refractivity contribution in [3.8, 4) is 0 Å². The molecule has 0 aromatic rings. The summed E-state index contributed by atoms with van der Waals surface area (Å²) in [5.41, 5.74) is 0.367. The van der Waals surface area contributed by atoms with E-state index in [0.29, 0.717) is 17.0 Å². The van der Waals surface area contributed by atoms with E-state index in [2.05, 4.69) is 6.58 Å². The molecule has 0 fully saturated rings. The lowest BCUT2D eigenvalue weighted by atomic mass is 10.1. The number of allylic oxidation sites excluding steroid dienone is 5. The maximum absolute atomic E-state index is 12.4. The molecule has 0 spiro atoms. The summed E-state index contributed by atoms with van der Waals surface area (Å²) in [6.45, 7) is 3.44. The van der Waals surface area contributed by atoms with Gasteiger partial charge in [-0.15, -0.1) is 0 Å². The van der Waals surface area contributed by atoms with Gasteiger partial charge in [-0.2, -0.15) is 0 Å². The molecule has 0 saturated carbocycles. The molecule has 0 nitrogen and oxygen atoms in total. The van der Waals surface area contributed by atoms with Gasteiger partial charge in [0.15, 0.2) is 0 Å². The molecular formula is C7H6ClF. The second-order valence-corrected chi connectivity index (χ2v) is 2.36. The first-order valence-corrected chi connectivity index (χ1v) is 2.99. The van der Waals surface area contributed by atoms with Crippen LogP contribution in [0.1, 0.15) is 6.42 Å². The summed E-state index contributed by atoms with van der Waals surface area (Å²) < 4.78 is 12.4. The highest BCUT2D eigenvalue weighted by atomic mass is 35.5. The number of hydrogen-bond donors (Lipinski definition) is 0. The van der Waals surface area contributed by atoms with Crippen molar-refractivity contribution in [1.29, 1.82) is 0 Å². The molecule has 2 heteroatoms. The van der Waals surface area contributed by atoms with Gasteiger partial charge in [0, 0.05) is 17.0 Å². The van der Waals surface area contributed by atoms with Gasteiger partial charge in [0.2, 0.25) is 0 Å². The second kappa shape index (κ2) is 2.36. The molecular weight excluding hydrogens is 139 g/mol. The van der Waals surface area contributed by atoms with Gasteiger partial charge in [-0.25, -0.2) is 4.39 Å². The lowest BCUT2D eigenvalue weighted by molar-refractivity contribution is 0.650. The van der Waals surface area contributed by atoms with E-state index in [1.165, 1.54) is 12.2 Å². The van der Waals surface area contributed by atoms with E-state index < -0.39 is 0 Å². The molecule has 0 heterocycles. The molecule has 1 aliphatic carbocycles. The fourth-order valence-electron chi connectivity index (χ4n) is 0.635. The average molecular weight is 145 g/mol. The Morgan fingerprint density at radius 3 is 2.78 bits per heavy atom. The average Bonchev–Trinajstić information content (AvgIpc) is 1.80. The van der Waals surface area contributed by atoms with E-state index in [1.807, 2.05) is 0 Å². The number of rotatable bonds is 0. The molecule has 1 rings (SSSR count). The van der Waals surface area contributed by atoms with Crippen LogP contribution in [0.4, 0.5) is 4.39 Å². The van der Waals surface area contributed by atoms with Gasteiger partial charge in [0.25, 0.3) is 0 Å². The topological polar surface area (TPSA) is 0 Å². The van der Waals surface area contributed by atoms with Crippen LogP contribution in [0.2, 0.25) is 0 Å². The van der Waals surface area contributed by atoms with Gasteiger partial charge in [-0.05, 0) is 12.2 Å². The van der Waals surface area contributed by atoms with Gasteiger partial charge < -0.3 is 0 Å². The van der Waals surface area contributed by atoms with Crippen molar-refractivity contribution < 1.29 is 4.39 Å². The fourth-order valence-corrected chi connectivity index (χ4v) is 0.844. The molecule has 0 aromatic carbocycles. The van der Waals surface area contributed by atoms with Crippen molar-refractivity contribution >= 4 is 11.6 Å². The first-order chi connectivity index (χ1) is 4.20. The molecule has 0 atom stereocenters. The Hall–Kier alpha value is -0.560. The molecule has 48 valence electrons. The summed E-state index contributed by atoms with van der Waals surface area (Å²) in [6, 6.07) is 0. The van der Waals surface area contributed by atoms with Gasteiger partial charge in [-0.3, -0.25) is 0 Å². The molecule has 0 bridgehead atoms. The van der Waals surface area contributed by atoms with Crippen LogP contribution in [-0.2, 0) is 0 Å². The molecule has 0 unspecified atom stereocenters. The van der Waals surface area contributed by atoms with Crippen LogP contribution in [0.5, 0.6) is 0 Å². The largest absolute Gasteiger partial charge is 0.207 e. The first-order valence-electron chi connectivity index (χ1n) is 2.61. The summed E-state index contributed by atoms with van der Waals surface area (Å²) in [5.74, 6) is -0.264. The molecule has 1 aliphatic rings. The van der Waals surface area contributed by atoms with E-state index in [1.54, 1.807) is 0 Å². The molecule has 9 heavy (non-hydrogen) atoms. The Morgan fingerprint density at radius 1 is 1.67 bits per heavy atom. The zero-order valence-corrected chi connectivity index (χ0v) is 5.58. The Kier molecular flexibility index (Phi) is 1.72. The van der Waals surface area contributed by atoms with E-state index >= 15 is 0 Å². The zero-order valence-electron chi connectivity index (χ0n) is 4.82. The maximum Gasteiger partial charge on any atom is 0.126 e. The summed E-state index contributed by atoms with van der Waals surface area (Å²) >= 11 is 5.57. The van der Waals surface area contributed by atoms with E-state index in [0.717, 1.165) is 0 Å². The minimum Gasteiger partial charge on any atom is -0.207 e. The summed E-state index contributed by atoms with van der Waals surface area (Å²) in [7, 11) is 0. The van der Waals surface area contributed by atoms with Crippen molar-refractivity contribution in [3.05, 3.63) is 35.2 Å². The van der Waals surface area contributed by atoms with Crippen molar-refractivity contribution in [1.82, 2.24) is 0 Å². The minimum atomic E-state index is -0.264. The molecule has 0 aromatic heterocycles. The van der Waals surface area contributed by atoms with Crippen LogP contribution in [-0.4, -0.2) is 0 Å². The highest BCUT2D eigenvalue weighted by Crippen LogP contribution is 2.23. The Balaban J connectivity index is 2.82. The van der Waals surface area contributed by atoms with Crippen LogP contribution in [0.25, 0.3) is 0 Å². The van der Waals surface area contributed by atoms with Gasteiger partial charge >= 0.3 is 0 Å². The van der Waals surface area contributed by atoms with Gasteiger partial charge in [0.05, 0.1) is 0 Å². The van der Waals surface area contributed by atoms with Crippen LogP contribution in [0, 0.1) is 0 Å². The van der Waals surface area contributed by atoms with Crippen LogP contribution >= 0.6 is 11.6 Å². The zero-order chi connectivity index (χ0) is 6.85. The molecule has 0 radical (unpaired) electrons.